The third-order valence-corrected chi connectivity index (χ3v) is 1.59. The molecule has 1 aromatic carbocycles. The fourth-order valence-corrected chi connectivity index (χ4v) is 0.999. The third-order valence-electron chi connectivity index (χ3n) is 1.04. The SMILES string of the molecule is CC.ClCc1cccc(Cl)c1. The second kappa shape index (κ2) is 6.51. The van der Waals surface area contributed by atoms with Crippen LogP contribution in [0.5, 0.6) is 0 Å². The van der Waals surface area contributed by atoms with Crippen LogP contribution in [0.1, 0.15) is 19.4 Å². The standard InChI is InChI=1S/C7H6Cl2.C2H6/c8-5-6-2-1-3-7(9)4-6;1-2/h1-4H,5H2;1-2H3. The van der Waals surface area contributed by atoms with Gasteiger partial charge in [0.25, 0.3) is 0 Å². The van der Waals surface area contributed by atoms with Crippen molar-refractivity contribution in [2.75, 3.05) is 0 Å². The van der Waals surface area contributed by atoms with Crippen molar-refractivity contribution in [1.29, 1.82) is 0 Å². The molecule has 0 amide bonds. The molecule has 0 heterocycles. The van der Waals surface area contributed by atoms with Crippen LogP contribution in [-0.2, 0) is 5.88 Å². The van der Waals surface area contributed by atoms with E-state index in [4.69, 9.17) is 23.2 Å². The summed E-state index contributed by atoms with van der Waals surface area (Å²) in [6, 6.07) is 7.52. The fourth-order valence-electron chi connectivity index (χ4n) is 0.620. The summed E-state index contributed by atoms with van der Waals surface area (Å²) < 4.78 is 0. The van der Waals surface area contributed by atoms with Gasteiger partial charge in [-0.3, -0.25) is 0 Å². The Morgan fingerprint density at radius 1 is 1.27 bits per heavy atom. The molecule has 0 radical (unpaired) electrons. The van der Waals surface area contributed by atoms with Gasteiger partial charge in [-0.2, -0.15) is 0 Å². The van der Waals surface area contributed by atoms with E-state index in [0.717, 1.165) is 10.6 Å². The Balaban J connectivity index is 0.000000461. The van der Waals surface area contributed by atoms with E-state index in [1.54, 1.807) is 0 Å². The minimum atomic E-state index is 0.528. The Labute approximate surface area is 78.1 Å². The van der Waals surface area contributed by atoms with Gasteiger partial charge >= 0.3 is 0 Å². The van der Waals surface area contributed by atoms with E-state index < -0.39 is 0 Å². The lowest BCUT2D eigenvalue weighted by atomic mass is 10.2. The fraction of sp³-hybridized carbons (Fsp3) is 0.333. The largest absolute Gasteiger partial charge is 0.122 e. The van der Waals surface area contributed by atoms with E-state index in [2.05, 4.69) is 0 Å². The van der Waals surface area contributed by atoms with E-state index in [1.165, 1.54) is 0 Å². The maximum atomic E-state index is 5.66. The van der Waals surface area contributed by atoms with Crippen LogP contribution in [0.4, 0.5) is 0 Å². The highest BCUT2D eigenvalue weighted by atomic mass is 35.5. The summed E-state index contributed by atoms with van der Waals surface area (Å²) in [6.45, 7) is 4.00. The molecule has 0 N–H and O–H groups in total. The van der Waals surface area contributed by atoms with Gasteiger partial charge in [0.15, 0.2) is 0 Å². The summed E-state index contributed by atoms with van der Waals surface area (Å²) in [4.78, 5) is 0. The maximum absolute atomic E-state index is 5.66. The third kappa shape index (κ3) is 4.28. The zero-order chi connectivity index (χ0) is 8.69. The summed E-state index contributed by atoms with van der Waals surface area (Å²) in [5.74, 6) is 0.528. The van der Waals surface area contributed by atoms with Crippen LogP contribution >= 0.6 is 23.2 Å². The lowest BCUT2D eigenvalue weighted by Gasteiger charge is -1.92. The van der Waals surface area contributed by atoms with Crippen molar-refractivity contribution in [3.8, 4) is 0 Å². The van der Waals surface area contributed by atoms with Crippen molar-refractivity contribution >= 4 is 23.2 Å². The number of hydrogen-bond donors (Lipinski definition) is 0. The molecule has 0 aliphatic rings. The lowest BCUT2D eigenvalue weighted by Crippen LogP contribution is -1.73. The monoisotopic (exact) mass is 190 g/mol. The van der Waals surface area contributed by atoms with Crippen LogP contribution in [0.15, 0.2) is 24.3 Å². The number of rotatable bonds is 1. The summed E-state index contributed by atoms with van der Waals surface area (Å²) in [6.07, 6.45) is 0. The predicted octanol–water partition coefficient (Wildman–Crippen LogP) is 4.11. The summed E-state index contributed by atoms with van der Waals surface area (Å²) in [5.41, 5.74) is 1.06. The average molecular weight is 191 g/mol. The second-order valence-electron chi connectivity index (χ2n) is 1.76. The van der Waals surface area contributed by atoms with Crippen LogP contribution in [-0.4, -0.2) is 0 Å². The van der Waals surface area contributed by atoms with E-state index in [0.29, 0.717) is 5.88 Å². The van der Waals surface area contributed by atoms with E-state index >= 15 is 0 Å². The van der Waals surface area contributed by atoms with Crippen LogP contribution < -0.4 is 0 Å². The molecule has 0 fully saturated rings. The highest BCUT2D eigenvalue weighted by molar-refractivity contribution is 6.30. The Morgan fingerprint density at radius 2 is 1.91 bits per heavy atom. The first-order valence-corrected chi connectivity index (χ1v) is 4.54. The van der Waals surface area contributed by atoms with Gasteiger partial charge in [0.05, 0.1) is 0 Å². The normalized spacial score (nSPS) is 8.36. The first-order valence-electron chi connectivity index (χ1n) is 3.63. The Kier molecular flexibility index (Phi) is 6.39. The van der Waals surface area contributed by atoms with Gasteiger partial charge in [0, 0.05) is 10.9 Å². The number of alkyl halides is 1. The molecular weight excluding hydrogens is 179 g/mol. The molecule has 2 heteroatoms. The molecule has 0 aromatic heterocycles. The van der Waals surface area contributed by atoms with Gasteiger partial charge in [-0.1, -0.05) is 37.6 Å². The maximum Gasteiger partial charge on any atom is 0.0474 e. The van der Waals surface area contributed by atoms with Gasteiger partial charge in [-0.05, 0) is 17.7 Å². The highest BCUT2D eigenvalue weighted by Gasteiger charge is 1.88. The molecule has 0 aliphatic heterocycles. The summed E-state index contributed by atoms with van der Waals surface area (Å²) in [5, 5.41) is 0.744. The molecule has 0 nitrogen and oxygen atoms in total. The van der Waals surface area contributed by atoms with Gasteiger partial charge in [-0.25, -0.2) is 0 Å². The molecule has 0 saturated carbocycles. The van der Waals surface area contributed by atoms with Gasteiger partial charge in [0.2, 0.25) is 0 Å². The highest BCUT2D eigenvalue weighted by Crippen LogP contribution is 2.11. The van der Waals surface area contributed by atoms with Gasteiger partial charge in [-0.15, -0.1) is 11.6 Å². The molecule has 11 heavy (non-hydrogen) atoms. The predicted molar refractivity (Wildman–Crippen MR) is 52.4 cm³/mol. The van der Waals surface area contributed by atoms with Crippen molar-refractivity contribution < 1.29 is 0 Å². The van der Waals surface area contributed by atoms with Crippen molar-refractivity contribution in [1.82, 2.24) is 0 Å². The van der Waals surface area contributed by atoms with Crippen molar-refractivity contribution in [2.45, 2.75) is 19.7 Å². The van der Waals surface area contributed by atoms with Crippen LogP contribution in [0.2, 0.25) is 5.02 Å². The molecule has 62 valence electrons. The van der Waals surface area contributed by atoms with E-state index in [1.807, 2.05) is 38.1 Å². The number of halogens is 2. The van der Waals surface area contributed by atoms with Crippen molar-refractivity contribution in [3.63, 3.8) is 0 Å². The van der Waals surface area contributed by atoms with Gasteiger partial charge in [0.1, 0.15) is 0 Å². The molecule has 0 spiro atoms. The second-order valence-corrected chi connectivity index (χ2v) is 2.47. The van der Waals surface area contributed by atoms with Gasteiger partial charge < -0.3 is 0 Å². The van der Waals surface area contributed by atoms with Crippen LogP contribution in [0.25, 0.3) is 0 Å². The average Bonchev–Trinajstić information content (AvgIpc) is 2.08. The van der Waals surface area contributed by atoms with E-state index in [9.17, 15) is 0 Å². The topological polar surface area (TPSA) is 0 Å². The molecule has 0 aliphatic carbocycles. The summed E-state index contributed by atoms with van der Waals surface area (Å²) in [7, 11) is 0. The van der Waals surface area contributed by atoms with Crippen molar-refractivity contribution in [3.05, 3.63) is 34.9 Å². The molecular formula is C9H12Cl2. The number of hydrogen-bond acceptors (Lipinski definition) is 0. The molecule has 0 bridgehead atoms. The van der Waals surface area contributed by atoms with Crippen LogP contribution in [0.3, 0.4) is 0 Å². The molecule has 1 rings (SSSR count). The molecule has 0 unspecified atom stereocenters. The van der Waals surface area contributed by atoms with Crippen molar-refractivity contribution in [2.24, 2.45) is 0 Å². The zero-order valence-corrected chi connectivity index (χ0v) is 8.28. The van der Waals surface area contributed by atoms with Crippen LogP contribution in [0, 0.1) is 0 Å². The van der Waals surface area contributed by atoms with E-state index in [-0.39, 0.29) is 0 Å². The Morgan fingerprint density at radius 3 is 2.27 bits per heavy atom. The first-order chi connectivity index (χ1) is 5.33. The Hall–Kier alpha value is -0.200. The summed E-state index contributed by atoms with van der Waals surface area (Å²) >= 11 is 11.2. The Bertz CT molecular complexity index is 197. The smallest absolute Gasteiger partial charge is 0.0474 e. The quantitative estimate of drug-likeness (QED) is 0.586. The molecule has 1 aromatic rings. The lowest BCUT2D eigenvalue weighted by molar-refractivity contribution is 1.40. The number of benzene rings is 1. The first kappa shape index (κ1) is 10.8. The zero-order valence-electron chi connectivity index (χ0n) is 6.77. The minimum absolute atomic E-state index is 0.528. The minimum Gasteiger partial charge on any atom is -0.122 e. The molecule has 0 atom stereocenters. The molecule has 0 saturated heterocycles.